The molecule has 0 saturated carbocycles. The fourth-order valence-corrected chi connectivity index (χ4v) is 14.7. The smallest absolute Gasteiger partial charge is 0.373 e. The van der Waals surface area contributed by atoms with E-state index in [0.29, 0.717) is 161 Å². The molecule has 0 aliphatic rings. The number of nitrogens with one attached hydrogen (secondary N) is 11. The number of rotatable bonds is 46. The molecule has 77 heteroatoms. The molecule has 0 spiro atoms. The van der Waals surface area contributed by atoms with Crippen molar-refractivity contribution in [2.24, 2.45) is 28.7 Å². The molecule has 26 N–H and O–H groups in total. The quantitative estimate of drug-likeness (QED) is 0.00729. The van der Waals surface area contributed by atoms with Crippen LogP contribution in [0.2, 0.25) is 103 Å². The van der Waals surface area contributed by atoms with Gasteiger partial charge in [0.15, 0.2) is 41.3 Å². The number of thioether (sulfide) groups is 8. The molecular formula is C70H131B5Cl13N43O5S11. The first kappa shape index (κ1) is 153. The van der Waals surface area contributed by atoms with E-state index in [1.807, 2.05) is 27.7 Å². The van der Waals surface area contributed by atoms with Crippen LogP contribution < -0.4 is 86.7 Å². The maximum absolute atomic E-state index is 9.28. The topological polar surface area (TPSA) is 712 Å². The van der Waals surface area contributed by atoms with E-state index in [4.69, 9.17) is 200 Å². The average molecular weight is 2520 g/mol. The van der Waals surface area contributed by atoms with Crippen LogP contribution in [0.25, 0.3) is 0 Å². The van der Waals surface area contributed by atoms with Gasteiger partial charge in [0.25, 0.3) is 0 Å². The van der Waals surface area contributed by atoms with Crippen LogP contribution >= 0.6 is 283 Å². The van der Waals surface area contributed by atoms with Crippen molar-refractivity contribution in [2.75, 3.05) is 200 Å². The maximum atomic E-state index is 9.28. The Hall–Kier alpha value is -2.77. The van der Waals surface area contributed by atoms with Gasteiger partial charge in [0.2, 0.25) is 104 Å². The zero-order valence-corrected chi connectivity index (χ0v) is 103. The van der Waals surface area contributed by atoms with Gasteiger partial charge in [-0.1, -0.05) is 170 Å². The lowest BCUT2D eigenvalue weighted by molar-refractivity contribution is 0.554. The zero-order chi connectivity index (χ0) is 112. The summed E-state index contributed by atoms with van der Waals surface area (Å²) in [4.78, 5) is 106. The summed E-state index contributed by atoms with van der Waals surface area (Å²) in [7, 11) is -2.47. The molecule has 147 heavy (non-hydrogen) atoms. The van der Waals surface area contributed by atoms with Gasteiger partial charge in [0.05, 0.1) is 0 Å². The van der Waals surface area contributed by atoms with E-state index in [0.717, 1.165) is 83.9 Å². The molecule has 9 rings (SSSR count). The minimum atomic E-state index is -0.552. The Balaban J connectivity index is -0.000000518. The fourth-order valence-electron chi connectivity index (χ4n) is 7.42. The van der Waals surface area contributed by atoms with Crippen LogP contribution in [0.3, 0.4) is 0 Å². The Morgan fingerprint density at radius 2 is 0.333 bits per heavy atom. The second-order valence-electron chi connectivity index (χ2n) is 24.8. The highest BCUT2D eigenvalue weighted by atomic mass is 35.5. The highest BCUT2D eigenvalue weighted by Crippen LogP contribution is 2.25. The lowest BCUT2D eigenvalue weighted by Crippen LogP contribution is -2.34. The minimum Gasteiger partial charge on any atom is -0.437 e. The van der Waals surface area contributed by atoms with Gasteiger partial charge >= 0.3 is 35.3 Å². The summed E-state index contributed by atoms with van der Waals surface area (Å²) in [5.41, 5.74) is 25.4. The minimum absolute atomic E-state index is 0.000000000000000444. The monoisotopic (exact) mass is 2520 g/mol. The largest absolute Gasteiger partial charge is 0.437 e. The lowest BCUT2D eigenvalue weighted by Gasteiger charge is -2.11. The first-order valence-electron chi connectivity index (χ1n) is 44.3. The van der Waals surface area contributed by atoms with E-state index in [1.54, 1.807) is 116 Å². The molecule has 9 heterocycles. The molecule has 0 aliphatic carbocycles. The Kier molecular flexibility index (Phi) is 109. The van der Waals surface area contributed by atoms with E-state index in [2.05, 4.69) is 279 Å². The van der Waals surface area contributed by atoms with Crippen molar-refractivity contribution in [3.8, 4) is 0 Å². The van der Waals surface area contributed by atoms with Crippen LogP contribution in [-0.4, -0.2) is 363 Å². The number of anilines is 6. The van der Waals surface area contributed by atoms with Gasteiger partial charge in [-0.2, -0.15) is 172 Å². The van der Waals surface area contributed by atoms with Gasteiger partial charge in [-0.3, -0.25) is 0 Å². The number of aromatic nitrogens is 27. The van der Waals surface area contributed by atoms with Gasteiger partial charge in [-0.05, 0) is 261 Å². The molecule has 9 aromatic heterocycles. The third-order valence-electron chi connectivity index (χ3n) is 12.4. The highest BCUT2D eigenvalue weighted by molar-refractivity contribution is 8.01. The standard InChI is InChI=1S/C17H31BN10OS3.C9H17N5S2.C8H15BClN5OS.C7H10ClN3S2.C6H10BCl2N5O.2C3H11BN2O.3C3Cl3N3.C2H8N2.3C2H6S/c1-5-30-15-24-12(23-13(25-15)21-10-11-22-18(4)29)19-8-9-20-14-26-16(31-6-2)28-17(27-14)32-7-3;1-3-15-8-12-7(11-6-5-10)13-9(14-8)16-4-2;1-3-17-8-14-6(10)13-7(15-8)11-4-5-12-9(2)16;1-3-12-6-9-5(8)10-7(11-6)13-4-2;1-7(15)11-3-2-10-6-13-4(8)12-5(9)14-6;2*1-4(7)6-3-2-5;3*4-1-7-2(5)9-3(6)8-1;3-1-2-4;3*1-2-3/h22,29H,5-11H2,1-4H3,(H,20,26,27,28)(H2,19,21,23,24,25);3-6,10H2,1-2H3,(H,11,12,13,14);12,16H,3-5H2,1-2H3,(H,11,13,14,15);3-4H2,1-2H3;11,15H,2-3H2,1H3,(H,10,12,13,14);2*6-7H,2-3,5H2,1H3;;;;1-4H2;3*3H,2H2,1H3. The highest BCUT2D eigenvalue weighted by Gasteiger charge is 2.15. The number of thiol groups is 3. The average Bonchev–Trinajstić information content (AvgIpc) is 0.851. The molecule has 0 saturated heterocycles. The molecule has 48 nitrogen and oxygen atoms in total. The number of nitrogens with zero attached hydrogens (tertiary/aromatic N) is 27. The molecule has 0 unspecified atom stereocenters. The molecule has 9 aromatic rings. The van der Waals surface area contributed by atoms with Gasteiger partial charge in [-0.15, -0.1) is 0 Å². The maximum Gasteiger partial charge on any atom is 0.373 e. The summed E-state index contributed by atoms with van der Waals surface area (Å²) in [5, 5.41) is 83.1. The summed E-state index contributed by atoms with van der Waals surface area (Å²) in [6, 6.07) is 0. The molecule has 828 valence electrons. The van der Waals surface area contributed by atoms with Gasteiger partial charge in [-0.25, -0.2) is 0 Å². The lowest BCUT2D eigenvalue weighted by atomic mass is 9.89. The predicted molar refractivity (Wildman–Crippen MR) is 639 cm³/mol. The summed E-state index contributed by atoms with van der Waals surface area (Å²) < 4.78 is 0. The van der Waals surface area contributed by atoms with Crippen LogP contribution in [0.1, 0.15) is 76.2 Å². The van der Waals surface area contributed by atoms with E-state index in [1.165, 1.54) is 11.8 Å². The van der Waals surface area contributed by atoms with Gasteiger partial charge < -0.3 is 112 Å². The number of halogens is 13. The molecule has 0 atom stereocenters. The fraction of sp³-hybridized carbons (Fsp3) is 0.614. The van der Waals surface area contributed by atoms with E-state index in [9.17, 15) is 5.02 Å². The summed E-state index contributed by atoms with van der Waals surface area (Å²) in [5.74, 6) is 13.1. The van der Waals surface area contributed by atoms with Crippen LogP contribution in [-0.2, 0) is 0 Å². The Morgan fingerprint density at radius 1 is 0.197 bits per heavy atom. The van der Waals surface area contributed by atoms with Crippen molar-refractivity contribution in [1.29, 1.82) is 0 Å². The third kappa shape index (κ3) is 98.6. The van der Waals surface area contributed by atoms with Crippen molar-refractivity contribution >= 4 is 354 Å². The van der Waals surface area contributed by atoms with Gasteiger partial charge in [0, 0.05) is 91.6 Å². The Labute approximate surface area is 978 Å². The summed E-state index contributed by atoms with van der Waals surface area (Å²) in [6.07, 6.45) is 0. The molecule has 0 aliphatic heterocycles. The van der Waals surface area contributed by atoms with E-state index < -0.39 is 35.3 Å². The first-order valence-corrected chi connectivity index (χ1v) is 58.9. The Morgan fingerprint density at radius 3 is 0.517 bits per heavy atom. The second kappa shape index (κ2) is 105. The van der Waals surface area contributed by atoms with Crippen LogP contribution in [0.4, 0.5) is 35.7 Å². The van der Waals surface area contributed by atoms with Crippen molar-refractivity contribution in [3.05, 3.63) is 68.7 Å². The van der Waals surface area contributed by atoms with E-state index in [-0.39, 0.29) is 68.7 Å². The third-order valence-corrected chi connectivity index (χ3v) is 20.4. The number of hydrogen-bond donors (Lipinski definition) is 24. The normalized spacial score (nSPS) is 9.84. The van der Waals surface area contributed by atoms with E-state index >= 15 is 0 Å². The molecule has 0 bridgehead atoms. The molecule has 0 amide bonds. The van der Waals surface area contributed by atoms with Crippen molar-refractivity contribution in [3.63, 3.8) is 0 Å². The first-order chi connectivity index (χ1) is 70.0. The van der Waals surface area contributed by atoms with Crippen LogP contribution in [0, 0.1) is 0 Å². The zero-order valence-electron chi connectivity index (χ0n) is 83.7. The molecule has 0 aromatic carbocycles. The van der Waals surface area contributed by atoms with Crippen molar-refractivity contribution < 1.29 is 25.1 Å². The van der Waals surface area contributed by atoms with Crippen molar-refractivity contribution in [1.82, 2.24) is 161 Å². The Bertz CT molecular complexity index is 4360. The molecule has 0 fully saturated rings. The van der Waals surface area contributed by atoms with Gasteiger partial charge in [0.1, 0.15) is 0 Å². The molecular weight excluding hydrogens is 2390 g/mol. The predicted octanol–water partition coefficient (Wildman–Crippen LogP) is 11.8. The SMILES string of the molecule is CB(O)NCCN.CB(O)NCCN.CB(O)NCCNc1nc(Cl)nc(Cl)n1.CCS.CCS.CCS.CCSc1nc(Cl)nc(NCCNB(C)O)n1.CCSc1nc(Cl)nc(SCC)n1.CCSc1nc(NCCN)nc(SCC)n1.CCSc1nc(NCCNB(C)O)nc(NCCNc2nc(SCC)nc(SCC)n2)n1.Clc1nc(Cl)nc(Cl)n1.Clc1nc(Cl)nc(Cl)n1.Clc1nc(Cl)nc(Cl)n1.NCCN. The van der Waals surface area contributed by atoms with Crippen LogP contribution in [0.15, 0.2) is 41.3 Å². The second-order valence-corrected chi connectivity index (χ2v) is 40.9. The number of nitrogens with two attached hydrogens (primary N) is 5. The number of hydrogen-bond acceptors (Lipinski definition) is 59. The summed E-state index contributed by atoms with van der Waals surface area (Å²) >= 11 is 94.5. The summed E-state index contributed by atoms with van der Waals surface area (Å²) in [6.45, 7) is 40.4. The van der Waals surface area contributed by atoms with Crippen LogP contribution in [0.5, 0.6) is 0 Å². The molecule has 0 radical (unpaired) electrons. The van der Waals surface area contributed by atoms with Crippen molar-refractivity contribution in [2.45, 2.75) is 152 Å².